The highest BCUT2D eigenvalue weighted by Crippen LogP contribution is 2.59. The largest absolute Gasteiger partial charge is 0.497 e. The summed E-state index contributed by atoms with van der Waals surface area (Å²) in [6, 6.07) is 29.2. The maximum absolute atomic E-state index is 7.41. The van der Waals surface area contributed by atoms with E-state index in [1.807, 2.05) is 42.7 Å². The Bertz CT molecular complexity index is 2140. The molecule has 2 aliphatic rings. The van der Waals surface area contributed by atoms with Crippen molar-refractivity contribution in [3.63, 3.8) is 0 Å². The van der Waals surface area contributed by atoms with Gasteiger partial charge < -0.3 is 18.9 Å². The number of nitrogens with zero attached hydrogens (tertiary/aromatic N) is 2. The van der Waals surface area contributed by atoms with Crippen molar-refractivity contribution in [3.05, 3.63) is 138 Å². The van der Waals surface area contributed by atoms with Crippen LogP contribution in [0.1, 0.15) is 41.7 Å². The Morgan fingerprint density at radius 2 is 1.26 bits per heavy atom. The molecule has 0 bridgehead atoms. The van der Waals surface area contributed by atoms with E-state index in [4.69, 9.17) is 18.9 Å². The van der Waals surface area contributed by atoms with Gasteiger partial charge in [-0.3, -0.25) is 0 Å². The quantitative estimate of drug-likeness (QED) is 0.186. The highest BCUT2D eigenvalue weighted by Gasteiger charge is 2.44. The number of benzene rings is 5. The summed E-state index contributed by atoms with van der Waals surface area (Å²) in [5.41, 5.74) is 8.82. The fourth-order valence-corrected chi connectivity index (χ4v) is 7.37. The van der Waals surface area contributed by atoms with Crippen LogP contribution < -0.4 is 18.9 Å². The van der Waals surface area contributed by atoms with Crippen LogP contribution in [-0.4, -0.2) is 31.3 Å². The summed E-state index contributed by atoms with van der Waals surface area (Å²) in [7, 11) is 5.07. The molecule has 1 aliphatic heterocycles. The van der Waals surface area contributed by atoms with Gasteiger partial charge in [-0.2, -0.15) is 0 Å². The smallest absolute Gasteiger partial charge is 0.178 e. The maximum atomic E-state index is 7.41. The Morgan fingerprint density at radius 1 is 0.638 bits per heavy atom. The van der Waals surface area contributed by atoms with Crippen LogP contribution >= 0.6 is 0 Å². The number of methoxy groups -OCH3 is 3. The number of aromatic nitrogens is 2. The summed E-state index contributed by atoms with van der Waals surface area (Å²) in [6.45, 7) is 4.61. The molecule has 0 amide bonds. The van der Waals surface area contributed by atoms with Crippen LogP contribution in [0, 0.1) is 0 Å². The molecule has 0 radical (unpaired) electrons. The van der Waals surface area contributed by atoms with Gasteiger partial charge in [-0.1, -0.05) is 56.3 Å². The topological polar surface area (TPSA) is 62.7 Å². The fraction of sp³-hybridized carbons (Fsp3) is 0.171. The van der Waals surface area contributed by atoms with Crippen LogP contribution in [0.15, 0.2) is 110 Å². The van der Waals surface area contributed by atoms with E-state index in [9.17, 15) is 0 Å². The molecule has 6 heteroatoms. The third-order valence-electron chi connectivity index (χ3n) is 9.77. The van der Waals surface area contributed by atoms with E-state index in [1.165, 1.54) is 22.3 Å². The van der Waals surface area contributed by atoms with Crippen molar-refractivity contribution in [1.82, 2.24) is 9.97 Å². The number of rotatable bonds is 6. The van der Waals surface area contributed by atoms with Crippen molar-refractivity contribution in [2.45, 2.75) is 24.9 Å². The zero-order chi connectivity index (χ0) is 32.3. The molecule has 2 heterocycles. The standard InChI is InChI=1S/C41H34N2O4/c1-40(2)36-20-25(26-22-42-24-43-23-26)6-16-33(36)37-35-21-31(46-5)15-17-32(35)39-34(38(37)40)18-19-41(47-39,27-7-11-29(44-3)12-8-27)28-9-13-30(45-4)14-10-28/h6-24H,1-5H3. The van der Waals surface area contributed by atoms with Gasteiger partial charge >= 0.3 is 0 Å². The van der Waals surface area contributed by atoms with Gasteiger partial charge in [0.05, 0.1) is 21.3 Å². The third kappa shape index (κ3) is 4.32. The predicted molar refractivity (Wildman–Crippen MR) is 186 cm³/mol. The second kappa shape index (κ2) is 10.7. The molecule has 6 aromatic rings. The number of hydrogen-bond acceptors (Lipinski definition) is 6. The average molecular weight is 619 g/mol. The van der Waals surface area contributed by atoms with Gasteiger partial charge in [0.1, 0.15) is 29.3 Å². The average Bonchev–Trinajstić information content (AvgIpc) is 3.37. The zero-order valence-electron chi connectivity index (χ0n) is 27.0. The fourth-order valence-electron chi connectivity index (χ4n) is 7.37. The van der Waals surface area contributed by atoms with Crippen molar-refractivity contribution in [1.29, 1.82) is 0 Å². The lowest BCUT2D eigenvalue weighted by atomic mass is 9.76. The molecule has 0 saturated carbocycles. The summed E-state index contributed by atoms with van der Waals surface area (Å²) < 4.78 is 24.2. The Kier molecular flexibility index (Phi) is 6.58. The molecule has 0 N–H and O–H groups in total. The summed E-state index contributed by atoms with van der Waals surface area (Å²) in [5.74, 6) is 3.21. The first-order chi connectivity index (χ1) is 22.9. The van der Waals surface area contributed by atoms with Gasteiger partial charge in [-0.15, -0.1) is 0 Å². The minimum atomic E-state index is -0.900. The summed E-state index contributed by atoms with van der Waals surface area (Å²) >= 11 is 0. The molecular formula is C41H34N2O4. The number of hydrogen-bond donors (Lipinski definition) is 0. The Morgan fingerprint density at radius 3 is 1.87 bits per heavy atom. The monoisotopic (exact) mass is 618 g/mol. The van der Waals surface area contributed by atoms with Crippen molar-refractivity contribution < 1.29 is 18.9 Å². The molecule has 0 atom stereocenters. The molecule has 0 unspecified atom stereocenters. The number of ether oxygens (including phenoxy) is 4. The van der Waals surface area contributed by atoms with Gasteiger partial charge in [0, 0.05) is 45.4 Å². The van der Waals surface area contributed by atoms with Crippen LogP contribution in [0.5, 0.6) is 23.0 Å². The van der Waals surface area contributed by atoms with Crippen LogP contribution in [0.3, 0.4) is 0 Å². The predicted octanol–water partition coefficient (Wildman–Crippen LogP) is 8.98. The van der Waals surface area contributed by atoms with E-state index in [0.717, 1.165) is 61.6 Å². The van der Waals surface area contributed by atoms with Gasteiger partial charge in [0.2, 0.25) is 0 Å². The summed E-state index contributed by atoms with van der Waals surface area (Å²) in [5, 5.41) is 2.12. The van der Waals surface area contributed by atoms with Gasteiger partial charge in [-0.05, 0) is 87.8 Å². The molecule has 232 valence electrons. The van der Waals surface area contributed by atoms with E-state index in [0.29, 0.717) is 0 Å². The molecule has 1 aromatic heterocycles. The number of fused-ring (bicyclic) bond motifs is 8. The molecule has 0 saturated heterocycles. The molecular weight excluding hydrogens is 584 g/mol. The molecule has 5 aromatic carbocycles. The Labute approximate surface area is 274 Å². The minimum Gasteiger partial charge on any atom is -0.497 e. The first kappa shape index (κ1) is 28.8. The van der Waals surface area contributed by atoms with Gasteiger partial charge in [-0.25, -0.2) is 9.97 Å². The van der Waals surface area contributed by atoms with Gasteiger partial charge in [0.25, 0.3) is 0 Å². The van der Waals surface area contributed by atoms with Crippen molar-refractivity contribution in [2.24, 2.45) is 0 Å². The second-order valence-electron chi connectivity index (χ2n) is 12.5. The molecule has 8 rings (SSSR count). The Balaban J connectivity index is 1.39. The lowest BCUT2D eigenvalue weighted by Crippen LogP contribution is -2.35. The molecule has 0 spiro atoms. The minimum absolute atomic E-state index is 0.328. The van der Waals surface area contributed by atoms with Crippen LogP contribution in [-0.2, 0) is 11.0 Å². The van der Waals surface area contributed by atoms with Crippen LogP contribution in [0.4, 0.5) is 0 Å². The van der Waals surface area contributed by atoms with E-state index < -0.39 is 5.60 Å². The third-order valence-corrected chi connectivity index (χ3v) is 9.77. The van der Waals surface area contributed by atoms with E-state index >= 15 is 0 Å². The molecule has 47 heavy (non-hydrogen) atoms. The van der Waals surface area contributed by atoms with Crippen molar-refractivity contribution in [3.8, 4) is 45.3 Å². The van der Waals surface area contributed by atoms with E-state index in [1.54, 1.807) is 27.7 Å². The lowest BCUT2D eigenvalue weighted by molar-refractivity contribution is 0.163. The van der Waals surface area contributed by atoms with E-state index in [2.05, 4.69) is 90.6 Å². The normalized spacial score (nSPS) is 14.9. The highest BCUT2D eigenvalue weighted by atomic mass is 16.5. The first-order valence-corrected chi connectivity index (χ1v) is 15.6. The summed E-state index contributed by atoms with van der Waals surface area (Å²) in [4.78, 5) is 8.53. The second-order valence-corrected chi connectivity index (χ2v) is 12.5. The maximum Gasteiger partial charge on any atom is 0.178 e. The van der Waals surface area contributed by atoms with Gasteiger partial charge in [0.15, 0.2) is 5.60 Å². The lowest BCUT2D eigenvalue weighted by Gasteiger charge is -2.38. The SMILES string of the molecule is COc1ccc(C2(c3ccc(OC)cc3)C=Cc3c4c(c5cc(OC)ccc5c3O2)-c2ccc(-c3cncnc3)cc2C4(C)C)cc1. The summed E-state index contributed by atoms with van der Waals surface area (Å²) in [6.07, 6.45) is 9.74. The van der Waals surface area contributed by atoms with E-state index in [-0.39, 0.29) is 5.41 Å². The van der Waals surface area contributed by atoms with Crippen molar-refractivity contribution in [2.75, 3.05) is 21.3 Å². The van der Waals surface area contributed by atoms with Crippen molar-refractivity contribution >= 4 is 16.8 Å². The highest BCUT2D eigenvalue weighted by molar-refractivity contribution is 6.09. The Hall–Kier alpha value is -5.62. The van der Waals surface area contributed by atoms with Crippen LogP contribution in [0.25, 0.3) is 39.1 Å². The van der Waals surface area contributed by atoms with Crippen LogP contribution in [0.2, 0.25) is 0 Å². The molecule has 6 nitrogen and oxygen atoms in total. The first-order valence-electron chi connectivity index (χ1n) is 15.6. The molecule has 1 aliphatic carbocycles. The molecule has 0 fully saturated rings. The zero-order valence-corrected chi connectivity index (χ0v) is 27.0.